The zero-order valence-electron chi connectivity index (χ0n) is 12.7. The maximum atomic E-state index is 11.5. The molecule has 5 heteroatoms. The molecule has 0 aliphatic carbocycles. The molecule has 0 aromatic heterocycles. The second-order valence-corrected chi connectivity index (χ2v) is 11.7. The third-order valence-electron chi connectivity index (χ3n) is 4.15. The van der Waals surface area contributed by atoms with Gasteiger partial charge in [-0.25, -0.2) is 0 Å². The van der Waals surface area contributed by atoms with E-state index in [1.807, 2.05) is 0 Å². The molecule has 1 N–H and O–H groups in total. The van der Waals surface area contributed by atoms with Crippen molar-refractivity contribution in [2.45, 2.75) is 63.9 Å². The fourth-order valence-electron chi connectivity index (χ4n) is 2.07. The quantitative estimate of drug-likeness (QED) is 0.633. The van der Waals surface area contributed by atoms with Gasteiger partial charge >= 0.3 is 5.97 Å². The zero-order chi connectivity index (χ0) is 14.2. The van der Waals surface area contributed by atoms with Crippen LogP contribution in [-0.4, -0.2) is 39.6 Å². The highest BCUT2D eigenvalue weighted by Gasteiger charge is 2.47. The lowest BCUT2D eigenvalue weighted by Gasteiger charge is -2.42. The van der Waals surface area contributed by atoms with Crippen molar-refractivity contribution < 1.29 is 14.0 Å². The van der Waals surface area contributed by atoms with Crippen LogP contribution in [0.15, 0.2) is 0 Å². The largest absolute Gasteiger partial charge is 0.468 e. The van der Waals surface area contributed by atoms with Crippen LogP contribution < -0.4 is 5.32 Å². The van der Waals surface area contributed by atoms with Crippen LogP contribution in [0.2, 0.25) is 18.1 Å². The molecular formula is C13H27NO3Si. The molecule has 106 valence electrons. The van der Waals surface area contributed by atoms with E-state index >= 15 is 0 Å². The molecule has 1 saturated heterocycles. The Kier molecular flexibility index (Phi) is 4.30. The lowest BCUT2D eigenvalue weighted by molar-refractivity contribution is -0.143. The van der Waals surface area contributed by atoms with E-state index in [9.17, 15) is 4.79 Å². The average Bonchev–Trinajstić information content (AvgIpc) is 2.56. The monoisotopic (exact) mass is 273 g/mol. The van der Waals surface area contributed by atoms with Crippen LogP contribution in [-0.2, 0) is 14.0 Å². The van der Waals surface area contributed by atoms with Gasteiger partial charge in [0.05, 0.1) is 12.7 Å². The third kappa shape index (κ3) is 3.33. The standard InChI is InChI=1S/C13H27NO3Si/c1-12(2,3)18(6,7)17-13(4)8-10(14-9-13)11(15)16-5/h10,14H,8-9H2,1-7H3/t10-,13?/m0/s1. The molecule has 0 saturated carbocycles. The molecule has 18 heavy (non-hydrogen) atoms. The maximum Gasteiger partial charge on any atom is 0.322 e. The van der Waals surface area contributed by atoms with Gasteiger partial charge in [0.1, 0.15) is 6.04 Å². The normalized spacial score (nSPS) is 29.4. The number of hydrogen-bond acceptors (Lipinski definition) is 4. The minimum absolute atomic E-state index is 0.180. The first-order chi connectivity index (χ1) is 8.01. The van der Waals surface area contributed by atoms with Crippen LogP contribution in [0.3, 0.4) is 0 Å². The third-order valence-corrected chi connectivity index (χ3v) is 8.77. The molecule has 0 amide bonds. The lowest BCUT2D eigenvalue weighted by Crippen LogP contribution is -2.49. The van der Waals surface area contributed by atoms with Gasteiger partial charge < -0.3 is 14.5 Å². The van der Waals surface area contributed by atoms with E-state index in [1.54, 1.807) is 0 Å². The number of esters is 1. The zero-order valence-corrected chi connectivity index (χ0v) is 13.7. The molecule has 1 unspecified atom stereocenters. The SMILES string of the molecule is COC(=O)[C@@H]1CC(C)(O[Si](C)(C)C(C)(C)C)CN1. The van der Waals surface area contributed by atoms with Crippen LogP contribution in [0.5, 0.6) is 0 Å². The number of methoxy groups -OCH3 is 1. The smallest absolute Gasteiger partial charge is 0.322 e. The molecule has 0 aromatic rings. The van der Waals surface area contributed by atoms with Crippen molar-refractivity contribution in [3.05, 3.63) is 0 Å². The van der Waals surface area contributed by atoms with Crippen molar-refractivity contribution in [3.63, 3.8) is 0 Å². The first-order valence-electron chi connectivity index (χ1n) is 6.52. The van der Waals surface area contributed by atoms with Crippen LogP contribution in [0.25, 0.3) is 0 Å². The first kappa shape index (κ1) is 15.7. The van der Waals surface area contributed by atoms with Gasteiger partial charge in [0.2, 0.25) is 0 Å². The highest BCUT2D eigenvalue weighted by atomic mass is 28.4. The first-order valence-corrected chi connectivity index (χ1v) is 9.43. The maximum absolute atomic E-state index is 11.5. The Hall–Kier alpha value is -0.393. The van der Waals surface area contributed by atoms with Gasteiger partial charge in [-0.1, -0.05) is 20.8 Å². The molecule has 1 heterocycles. The summed E-state index contributed by atoms with van der Waals surface area (Å²) in [4.78, 5) is 11.5. The van der Waals surface area contributed by atoms with Gasteiger partial charge in [0.15, 0.2) is 8.32 Å². The fourth-order valence-corrected chi connectivity index (χ4v) is 3.76. The van der Waals surface area contributed by atoms with E-state index in [-0.39, 0.29) is 22.7 Å². The van der Waals surface area contributed by atoms with E-state index < -0.39 is 8.32 Å². The summed E-state index contributed by atoms with van der Waals surface area (Å²) in [5.74, 6) is -0.197. The van der Waals surface area contributed by atoms with Gasteiger partial charge in [0.25, 0.3) is 0 Å². The van der Waals surface area contributed by atoms with E-state index in [2.05, 4.69) is 46.1 Å². The summed E-state index contributed by atoms with van der Waals surface area (Å²) in [6, 6.07) is -0.232. The predicted octanol–water partition coefficient (Wildman–Crippen LogP) is 2.30. The molecule has 1 aliphatic rings. The molecule has 1 fully saturated rings. The summed E-state index contributed by atoms with van der Waals surface area (Å²) >= 11 is 0. The van der Waals surface area contributed by atoms with E-state index in [1.165, 1.54) is 7.11 Å². The Balaban J connectivity index is 2.71. The highest BCUT2D eigenvalue weighted by Crippen LogP contribution is 2.40. The van der Waals surface area contributed by atoms with Gasteiger partial charge in [-0.2, -0.15) is 0 Å². The minimum Gasteiger partial charge on any atom is -0.468 e. The Bertz CT molecular complexity index is 325. The second-order valence-electron chi connectivity index (χ2n) is 6.97. The van der Waals surface area contributed by atoms with Crippen LogP contribution in [0.4, 0.5) is 0 Å². The number of nitrogens with one attached hydrogen (secondary N) is 1. The van der Waals surface area contributed by atoms with Crippen molar-refractivity contribution in [3.8, 4) is 0 Å². The number of carbonyl (C=O) groups excluding carboxylic acids is 1. The summed E-state index contributed by atoms with van der Waals surface area (Å²) in [7, 11) is -0.384. The van der Waals surface area contributed by atoms with Gasteiger partial charge in [-0.3, -0.25) is 4.79 Å². The molecule has 1 aliphatic heterocycles. The molecular weight excluding hydrogens is 246 g/mol. The molecule has 0 aromatic carbocycles. The van der Waals surface area contributed by atoms with Gasteiger partial charge in [-0.05, 0) is 25.1 Å². The Labute approximate surface area is 112 Å². The minimum atomic E-state index is -1.81. The summed E-state index contributed by atoms with van der Waals surface area (Å²) in [5.41, 5.74) is -0.262. The molecule has 0 radical (unpaired) electrons. The summed E-state index contributed by atoms with van der Waals surface area (Å²) < 4.78 is 11.2. The van der Waals surface area contributed by atoms with Crippen molar-refractivity contribution in [1.82, 2.24) is 5.32 Å². The van der Waals surface area contributed by atoms with Crippen LogP contribution >= 0.6 is 0 Å². The lowest BCUT2D eigenvalue weighted by atomic mass is 10.0. The summed E-state index contributed by atoms with van der Waals surface area (Å²) in [6.45, 7) is 13.9. The van der Waals surface area contributed by atoms with Gasteiger partial charge in [0, 0.05) is 13.0 Å². The van der Waals surface area contributed by atoms with E-state index in [0.717, 1.165) is 0 Å². The molecule has 0 bridgehead atoms. The number of rotatable bonds is 3. The predicted molar refractivity (Wildman–Crippen MR) is 75.1 cm³/mol. The van der Waals surface area contributed by atoms with Crippen LogP contribution in [0, 0.1) is 0 Å². The Morgan fingerprint density at radius 1 is 1.39 bits per heavy atom. The summed E-state index contributed by atoms with van der Waals surface area (Å²) in [6.07, 6.45) is 0.687. The van der Waals surface area contributed by atoms with E-state index in [0.29, 0.717) is 13.0 Å². The van der Waals surface area contributed by atoms with Crippen LogP contribution in [0.1, 0.15) is 34.1 Å². The number of hydrogen-bond donors (Lipinski definition) is 1. The fraction of sp³-hybridized carbons (Fsp3) is 0.923. The van der Waals surface area contributed by atoms with Gasteiger partial charge in [-0.15, -0.1) is 0 Å². The van der Waals surface area contributed by atoms with Crippen molar-refractivity contribution >= 4 is 14.3 Å². The van der Waals surface area contributed by atoms with Crippen molar-refractivity contribution in [2.75, 3.05) is 13.7 Å². The topological polar surface area (TPSA) is 47.6 Å². The summed E-state index contributed by atoms with van der Waals surface area (Å²) in [5, 5.41) is 3.37. The molecule has 1 rings (SSSR count). The Morgan fingerprint density at radius 2 is 1.94 bits per heavy atom. The van der Waals surface area contributed by atoms with Crippen molar-refractivity contribution in [1.29, 1.82) is 0 Å². The second kappa shape index (κ2) is 4.94. The number of ether oxygens (including phenoxy) is 1. The van der Waals surface area contributed by atoms with E-state index in [4.69, 9.17) is 9.16 Å². The molecule has 0 spiro atoms. The highest BCUT2D eigenvalue weighted by molar-refractivity contribution is 6.74. The number of carbonyl (C=O) groups is 1. The van der Waals surface area contributed by atoms with Crippen molar-refractivity contribution in [2.24, 2.45) is 0 Å². The average molecular weight is 273 g/mol. The molecule has 2 atom stereocenters. The Morgan fingerprint density at radius 3 is 2.39 bits per heavy atom. The molecule has 4 nitrogen and oxygen atoms in total.